The third-order valence-corrected chi connectivity index (χ3v) is 3.12. The third kappa shape index (κ3) is 4.98. The van der Waals surface area contributed by atoms with E-state index >= 15 is 0 Å². The van der Waals surface area contributed by atoms with Crippen LogP contribution in [-0.2, 0) is 9.59 Å². The lowest BCUT2D eigenvalue weighted by Gasteiger charge is -2.02. The molecule has 0 saturated carbocycles. The minimum absolute atomic E-state index is 0.0244. The maximum Gasteiger partial charge on any atom is 0.182 e. The lowest BCUT2D eigenvalue weighted by molar-refractivity contribution is -0.118. The van der Waals surface area contributed by atoms with E-state index in [0.717, 1.165) is 11.1 Å². The van der Waals surface area contributed by atoms with E-state index in [1.54, 1.807) is 12.2 Å². The fourth-order valence-electron chi connectivity index (χ4n) is 2.07. The molecule has 0 atom stereocenters. The number of hydrogen-bond donors (Lipinski definition) is 0. The Bertz CT molecular complexity index is 695. The molecule has 2 heteroatoms. The molecular weight excluding hydrogens is 272 g/mol. The molecule has 2 rings (SSSR count). The lowest BCUT2D eigenvalue weighted by atomic mass is 10.0. The van der Waals surface area contributed by atoms with Crippen LogP contribution in [0.15, 0.2) is 72.3 Å². The van der Waals surface area contributed by atoms with Gasteiger partial charge in [0.1, 0.15) is 5.78 Å². The Labute approximate surface area is 130 Å². The highest BCUT2D eigenvalue weighted by molar-refractivity contribution is 6.11. The van der Waals surface area contributed by atoms with Crippen LogP contribution in [0.4, 0.5) is 0 Å². The number of rotatable bonds is 6. The number of ketones is 2. The van der Waals surface area contributed by atoms with Crippen molar-refractivity contribution in [2.24, 2.45) is 0 Å². The number of carbonyl (C=O) groups excluding carboxylic acids is 2. The van der Waals surface area contributed by atoms with Gasteiger partial charge < -0.3 is 0 Å². The predicted molar refractivity (Wildman–Crippen MR) is 90.2 cm³/mol. The summed E-state index contributed by atoms with van der Waals surface area (Å²) in [5.41, 5.74) is 2.38. The summed E-state index contributed by atoms with van der Waals surface area (Å²) >= 11 is 0. The Morgan fingerprint density at radius 3 is 1.95 bits per heavy atom. The largest absolute Gasteiger partial charge is 0.300 e. The van der Waals surface area contributed by atoms with Gasteiger partial charge in [0.05, 0.1) is 0 Å². The second kappa shape index (κ2) is 7.89. The van der Waals surface area contributed by atoms with Gasteiger partial charge in [0.25, 0.3) is 0 Å². The van der Waals surface area contributed by atoms with E-state index in [4.69, 9.17) is 0 Å². The normalized spacial score (nSPS) is 11.6. The van der Waals surface area contributed by atoms with Crippen molar-refractivity contribution in [3.63, 3.8) is 0 Å². The van der Waals surface area contributed by atoms with Crippen LogP contribution < -0.4 is 0 Å². The Morgan fingerprint density at radius 2 is 1.41 bits per heavy atom. The summed E-state index contributed by atoms with van der Waals surface area (Å²) < 4.78 is 0. The SMILES string of the molecule is CC(=O)CC(=Cc1ccccc1)C(=O)C=Cc1ccccc1. The van der Waals surface area contributed by atoms with Crippen LogP contribution in [-0.4, -0.2) is 11.6 Å². The van der Waals surface area contributed by atoms with Gasteiger partial charge in [-0.3, -0.25) is 9.59 Å². The number of benzene rings is 2. The van der Waals surface area contributed by atoms with Crippen molar-refractivity contribution in [2.75, 3.05) is 0 Å². The van der Waals surface area contributed by atoms with Crippen molar-refractivity contribution in [1.29, 1.82) is 0 Å². The number of carbonyl (C=O) groups is 2. The van der Waals surface area contributed by atoms with Gasteiger partial charge in [0.15, 0.2) is 5.78 Å². The van der Waals surface area contributed by atoms with Crippen molar-refractivity contribution in [3.05, 3.63) is 83.4 Å². The molecule has 0 aliphatic heterocycles. The zero-order valence-corrected chi connectivity index (χ0v) is 12.5. The van der Waals surface area contributed by atoms with Gasteiger partial charge >= 0.3 is 0 Å². The molecule has 0 heterocycles. The average molecular weight is 290 g/mol. The summed E-state index contributed by atoms with van der Waals surface area (Å²) in [6, 6.07) is 19.2. The molecule has 0 spiro atoms. The topological polar surface area (TPSA) is 34.1 Å². The Morgan fingerprint density at radius 1 is 0.864 bits per heavy atom. The van der Waals surface area contributed by atoms with Crippen molar-refractivity contribution < 1.29 is 9.59 Å². The molecule has 2 nitrogen and oxygen atoms in total. The fraction of sp³-hybridized carbons (Fsp3) is 0.100. The Hall–Kier alpha value is -2.74. The van der Waals surface area contributed by atoms with Gasteiger partial charge in [-0.2, -0.15) is 0 Å². The smallest absolute Gasteiger partial charge is 0.182 e. The highest BCUT2D eigenvalue weighted by Crippen LogP contribution is 2.13. The van der Waals surface area contributed by atoms with E-state index in [1.807, 2.05) is 60.7 Å². The molecular formula is C20H18O2. The first-order chi connectivity index (χ1) is 10.6. The number of hydrogen-bond acceptors (Lipinski definition) is 2. The Balaban J connectivity index is 2.22. The van der Waals surface area contributed by atoms with Gasteiger partial charge in [-0.15, -0.1) is 0 Å². The summed E-state index contributed by atoms with van der Waals surface area (Å²) in [5.74, 6) is -0.161. The third-order valence-electron chi connectivity index (χ3n) is 3.12. The minimum Gasteiger partial charge on any atom is -0.300 e. The van der Waals surface area contributed by atoms with E-state index in [0.29, 0.717) is 5.57 Å². The van der Waals surface area contributed by atoms with E-state index in [1.165, 1.54) is 13.0 Å². The molecule has 0 aliphatic rings. The average Bonchev–Trinajstić information content (AvgIpc) is 2.53. The van der Waals surface area contributed by atoms with Crippen LogP contribution in [0.2, 0.25) is 0 Å². The second-order valence-electron chi connectivity index (χ2n) is 5.07. The highest BCUT2D eigenvalue weighted by Gasteiger charge is 2.09. The fourth-order valence-corrected chi connectivity index (χ4v) is 2.07. The molecule has 0 aliphatic carbocycles. The monoisotopic (exact) mass is 290 g/mol. The molecule has 0 unspecified atom stereocenters. The zero-order valence-electron chi connectivity index (χ0n) is 12.5. The quantitative estimate of drug-likeness (QED) is 0.742. The molecule has 0 fully saturated rings. The van der Waals surface area contributed by atoms with E-state index in [-0.39, 0.29) is 18.0 Å². The first kappa shape index (κ1) is 15.6. The molecule has 110 valence electrons. The van der Waals surface area contributed by atoms with Gasteiger partial charge in [-0.05, 0) is 30.2 Å². The van der Waals surface area contributed by atoms with E-state index in [2.05, 4.69) is 0 Å². The molecule has 0 N–H and O–H groups in total. The summed E-state index contributed by atoms with van der Waals surface area (Å²) in [7, 11) is 0. The van der Waals surface area contributed by atoms with Crippen molar-refractivity contribution in [2.45, 2.75) is 13.3 Å². The lowest BCUT2D eigenvalue weighted by Crippen LogP contribution is -2.03. The van der Waals surface area contributed by atoms with E-state index in [9.17, 15) is 9.59 Å². The molecule has 22 heavy (non-hydrogen) atoms. The van der Waals surface area contributed by atoms with Crippen LogP contribution in [0, 0.1) is 0 Å². The maximum atomic E-state index is 12.3. The first-order valence-electron chi connectivity index (χ1n) is 7.17. The molecule has 0 aromatic heterocycles. The number of allylic oxidation sites excluding steroid dienone is 2. The highest BCUT2D eigenvalue weighted by atomic mass is 16.1. The maximum absolute atomic E-state index is 12.3. The summed E-state index contributed by atoms with van der Waals surface area (Å²) in [5, 5.41) is 0. The van der Waals surface area contributed by atoms with Crippen LogP contribution in [0.3, 0.4) is 0 Å². The van der Waals surface area contributed by atoms with Crippen LogP contribution in [0.5, 0.6) is 0 Å². The summed E-state index contributed by atoms with van der Waals surface area (Å²) in [6.07, 6.45) is 5.21. The second-order valence-corrected chi connectivity index (χ2v) is 5.07. The standard InChI is InChI=1S/C20H18O2/c1-16(21)14-19(15-18-10-6-3-7-11-18)20(22)13-12-17-8-4-2-5-9-17/h2-13,15H,14H2,1H3. The van der Waals surface area contributed by atoms with Gasteiger partial charge in [-0.25, -0.2) is 0 Å². The molecule has 0 radical (unpaired) electrons. The van der Waals surface area contributed by atoms with Crippen molar-refractivity contribution >= 4 is 23.7 Å². The van der Waals surface area contributed by atoms with Crippen LogP contribution in [0.1, 0.15) is 24.5 Å². The van der Waals surface area contributed by atoms with Crippen LogP contribution >= 0.6 is 0 Å². The van der Waals surface area contributed by atoms with Crippen LogP contribution in [0.25, 0.3) is 12.2 Å². The van der Waals surface area contributed by atoms with Gasteiger partial charge in [-0.1, -0.05) is 66.7 Å². The minimum atomic E-state index is -0.136. The molecule has 2 aromatic rings. The first-order valence-corrected chi connectivity index (χ1v) is 7.17. The van der Waals surface area contributed by atoms with Crippen molar-refractivity contribution in [1.82, 2.24) is 0 Å². The number of Topliss-reactive ketones (excluding diaryl/α,β-unsaturated/α-hetero) is 1. The summed E-state index contributed by atoms with van der Waals surface area (Å²) in [6.45, 7) is 1.49. The zero-order chi connectivity index (χ0) is 15.8. The molecule has 0 amide bonds. The predicted octanol–water partition coefficient (Wildman–Crippen LogP) is 4.33. The molecule has 0 saturated heterocycles. The van der Waals surface area contributed by atoms with E-state index < -0.39 is 0 Å². The Kier molecular flexibility index (Phi) is 5.61. The summed E-state index contributed by atoms with van der Waals surface area (Å²) in [4.78, 5) is 23.8. The molecule has 0 bridgehead atoms. The van der Waals surface area contributed by atoms with Crippen molar-refractivity contribution in [3.8, 4) is 0 Å². The van der Waals surface area contributed by atoms with Gasteiger partial charge in [0.2, 0.25) is 0 Å². The van der Waals surface area contributed by atoms with Gasteiger partial charge in [0, 0.05) is 12.0 Å². The molecule has 2 aromatic carbocycles.